The van der Waals surface area contributed by atoms with Gasteiger partial charge in [-0.1, -0.05) is 0 Å². The number of halogens is 1. The number of pyridine rings is 2. The van der Waals surface area contributed by atoms with Gasteiger partial charge in [-0.25, -0.2) is 0 Å². The summed E-state index contributed by atoms with van der Waals surface area (Å²) in [6.45, 7) is 2.63. The Kier molecular flexibility index (Phi) is 5.07. The molecule has 122 valence electrons. The van der Waals surface area contributed by atoms with Gasteiger partial charge in [0.25, 0.3) is 0 Å². The second kappa shape index (κ2) is 7.23. The molecule has 3 rings (SSSR count). The summed E-state index contributed by atoms with van der Waals surface area (Å²) in [6, 6.07) is 3.94. The molecule has 1 aliphatic rings. The SMILES string of the molecule is NCCNC(=O)C1CCCN(c2ccnc3cc(Br)cnc23)C1. The van der Waals surface area contributed by atoms with Gasteiger partial charge in [-0.15, -0.1) is 0 Å². The Morgan fingerprint density at radius 3 is 3.17 bits per heavy atom. The zero-order chi connectivity index (χ0) is 16.2. The molecule has 3 heterocycles. The van der Waals surface area contributed by atoms with Crippen molar-refractivity contribution in [2.45, 2.75) is 12.8 Å². The Balaban J connectivity index is 1.83. The lowest BCUT2D eigenvalue weighted by atomic mass is 9.96. The van der Waals surface area contributed by atoms with E-state index in [-0.39, 0.29) is 11.8 Å². The minimum atomic E-state index is -0.00559. The summed E-state index contributed by atoms with van der Waals surface area (Å²) in [5.74, 6) is 0.0863. The lowest BCUT2D eigenvalue weighted by Crippen LogP contribution is -2.44. The predicted molar refractivity (Wildman–Crippen MR) is 94.2 cm³/mol. The van der Waals surface area contributed by atoms with Gasteiger partial charge in [-0.3, -0.25) is 14.8 Å². The van der Waals surface area contributed by atoms with Crippen LogP contribution in [0.15, 0.2) is 29.0 Å². The molecule has 2 aromatic heterocycles. The van der Waals surface area contributed by atoms with E-state index >= 15 is 0 Å². The van der Waals surface area contributed by atoms with Crippen molar-refractivity contribution >= 4 is 38.6 Å². The van der Waals surface area contributed by atoms with Crippen LogP contribution in [0.2, 0.25) is 0 Å². The van der Waals surface area contributed by atoms with Crippen LogP contribution >= 0.6 is 15.9 Å². The van der Waals surface area contributed by atoms with E-state index in [0.29, 0.717) is 19.6 Å². The fraction of sp³-hybridized carbons (Fsp3) is 0.438. The first kappa shape index (κ1) is 16.1. The van der Waals surface area contributed by atoms with Crippen molar-refractivity contribution in [2.24, 2.45) is 11.7 Å². The van der Waals surface area contributed by atoms with Gasteiger partial charge in [0.2, 0.25) is 5.91 Å². The molecule has 1 aliphatic heterocycles. The number of carbonyl (C=O) groups is 1. The highest BCUT2D eigenvalue weighted by Crippen LogP contribution is 2.29. The van der Waals surface area contributed by atoms with Crippen LogP contribution in [-0.4, -0.2) is 42.1 Å². The first-order valence-corrected chi connectivity index (χ1v) is 8.61. The molecule has 0 aromatic carbocycles. The number of rotatable bonds is 4. The summed E-state index contributed by atoms with van der Waals surface area (Å²) in [5.41, 5.74) is 8.22. The van der Waals surface area contributed by atoms with Crippen LogP contribution in [0.4, 0.5) is 5.69 Å². The maximum Gasteiger partial charge on any atom is 0.224 e. The first-order chi connectivity index (χ1) is 11.2. The van der Waals surface area contributed by atoms with Crippen LogP contribution in [0.1, 0.15) is 12.8 Å². The van der Waals surface area contributed by atoms with E-state index in [1.54, 1.807) is 12.4 Å². The van der Waals surface area contributed by atoms with Gasteiger partial charge in [0.15, 0.2) is 0 Å². The number of fused-ring (bicyclic) bond motifs is 1. The molecular weight excluding hydrogens is 358 g/mol. The molecule has 1 saturated heterocycles. The minimum Gasteiger partial charge on any atom is -0.369 e. The third kappa shape index (κ3) is 3.61. The summed E-state index contributed by atoms with van der Waals surface area (Å²) in [6.07, 6.45) is 5.47. The number of carbonyl (C=O) groups excluding carboxylic acids is 1. The Morgan fingerprint density at radius 1 is 1.48 bits per heavy atom. The van der Waals surface area contributed by atoms with Gasteiger partial charge < -0.3 is 16.0 Å². The molecule has 1 fully saturated rings. The highest BCUT2D eigenvalue weighted by molar-refractivity contribution is 9.10. The minimum absolute atomic E-state index is 0.00559. The lowest BCUT2D eigenvalue weighted by Gasteiger charge is -2.34. The van der Waals surface area contributed by atoms with Crippen LogP contribution in [0.25, 0.3) is 11.0 Å². The van der Waals surface area contributed by atoms with Crippen molar-refractivity contribution in [2.75, 3.05) is 31.1 Å². The number of nitrogens with one attached hydrogen (secondary N) is 1. The number of nitrogens with two attached hydrogens (primary N) is 1. The number of nitrogens with zero attached hydrogens (tertiary/aromatic N) is 3. The molecule has 1 atom stereocenters. The third-order valence-electron chi connectivity index (χ3n) is 4.10. The lowest BCUT2D eigenvalue weighted by molar-refractivity contribution is -0.125. The van der Waals surface area contributed by atoms with Crippen molar-refractivity contribution in [3.63, 3.8) is 0 Å². The van der Waals surface area contributed by atoms with Crippen LogP contribution in [0, 0.1) is 5.92 Å². The van der Waals surface area contributed by atoms with Gasteiger partial charge in [0.05, 0.1) is 17.1 Å². The maximum absolute atomic E-state index is 12.2. The van der Waals surface area contributed by atoms with Gasteiger partial charge in [-0.2, -0.15) is 0 Å². The number of amides is 1. The normalized spacial score (nSPS) is 18.2. The largest absolute Gasteiger partial charge is 0.369 e. The molecule has 0 saturated carbocycles. The summed E-state index contributed by atoms with van der Waals surface area (Å²) in [7, 11) is 0. The fourth-order valence-corrected chi connectivity index (χ4v) is 3.32. The van der Waals surface area contributed by atoms with Crippen molar-refractivity contribution < 1.29 is 4.79 Å². The summed E-state index contributed by atoms with van der Waals surface area (Å²) >= 11 is 3.43. The number of piperidine rings is 1. The number of anilines is 1. The average Bonchev–Trinajstić information content (AvgIpc) is 2.59. The van der Waals surface area contributed by atoms with E-state index in [0.717, 1.165) is 40.6 Å². The van der Waals surface area contributed by atoms with E-state index in [2.05, 4.69) is 36.1 Å². The van der Waals surface area contributed by atoms with Crippen LogP contribution in [0.3, 0.4) is 0 Å². The monoisotopic (exact) mass is 377 g/mol. The molecular formula is C16H20BrN5O. The molecule has 0 bridgehead atoms. The molecule has 1 amide bonds. The molecule has 0 aliphatic carbocycles. The van der Waals surface area contributed by atoms with Crippen molar-refractivity contribution in [3.8, 4) is 0 Å². The Labute approximate surface area is 143 Å². The number of hydrogen-bond donors (Lipinski definition) is 2. The van der Waals surface area contributed by atoms with E-state index in [9.17, 15) is 4.79 Å². The van der Waals surface area contributed by atoms with Crippen LogP contribution in [0.5, 0.6) is 0 Å². The molecule has 1 unspecified atom stereocenters. The molecule has 6 nitrogen and oxygen atoms in total. The maximum atomic E-state index is 12.2. The zero-order valence-electron chi connectivity index (χ0n) is 12.8. The first-order valence-electron chi connectivity index (χ1n) is 7.82. The zero-order valence-corrected chi connectivity index (χ0v) is 14.4. The quantitative estimate of drug-likeness (QED) is 0.846. The summed E-state index contributed by atoms with van der Waals surface area (Å²) in [4.78, 5) is 23.3. The second-order valence-corrected chi connectivity index (χ2v) is 6.63. The molecule has 23 heavy (non-hydrogen) atoms. The van der Waals surface area contributed by atoms with Crippen LogP contribution in [-0.2, 0) is 4.79 Å². The Hall–Kier alpha value is -1.73. The van der Waals surface area contributed by atoms with E-state index in [1.165, 1.54) is 0 Å². The van der Waals surface area contributed by atoms with Crippen molar-refractivity contribution in [1.82, 2.24) is 15.3 Å². The van der Waals surface area contributed by atoms with Gasteiger partial charge in [0, 0.05) is 43.0 Å². The average molecular weight is 378 g/mol. The van der Waals surface area contributed by atoms with E-state index < -0.39 is 0 Å². The third-order valence-corrected chi connectivity index (χ3v) is 4.53. The Bertz CT molecular complexity index is 708. The summed E-state index contributed by atoms with van der Waals surface area (Å²) in [5, 5.41) is 2.89. The van der Waals surface area contributed by atoms with Crippen LogP contribution < -0.4 is 16.0 Å². The smallest absolute Gasteiger partial charge is 0.224 e. The van der Waals surface area contributed by atoms with Crippen molar-refractivity contribution in [1.29, 1.82) is 0 Å². The Morgan fingerprint density at radius 2 is 2.35 bits per heavy atom. The molecule has 0 radical (unpaired) electrons. The molecule has 0 spiro atoms. The topological polar surface area (TPSA) is 84.1 Å². The van der Waals surface area contributed by atoms with Gasteiger partial charge >= 0.3 is 0 Å². The van der Waals surface area contributed by atoms with Gasteiger partial charge in [0.1, 0.15) is 5.52 Å². The van der Waals surface area contributed by atoms with Crippen molar-refractivity contribution in [3.05, 3.63) is 29.0 Å². The number of hydrogen-bond acceptors (Lipinski definition) is 5. The second-order valence-electron chi connectivity index (χ2n) is 5.72. The summed E-state index contributed by atoms with van der Waals surface area (Å²) < 4.78 is 0.910. The molecule has 3 N–H and O–H groups in total. The highest BCUT2D eigenvalue weighted by Gasteiger charge is 2.26. The standard InChI is InChI=1S/C16H20BrN5O/c17-12-8-13-15(21-9-12)14(3-5-19-13)22-7-1-2-11(10-22)16(23)20-6-4-18/h3,5,8-9,11H,1-2,4,6-7,10,18H2,(H,20,23). The van der Waals surface area contributed by atoms with Gasteiger partial charge in [-0.05, 0) is 40.9 Å². The molecule has 7 heteroatoms. The molecule has 2 aromatic rings. The predicted octanol–water partition coefficient (Wildman–Crippen LogP) is 1.68. The number of aromatic nitrogens is 2. The fourth-order valence-electron chi connectivity index (χ4n) is 3.00. The van der Waals surface area contributed by atoms with E-state index in [1.807, 2.05) is 12.1 Å². The van der Waals surface area contributed by atoms with E-state index in [4.69, 9.17) is 5.73 Å². The highest BCUT2D eigenvalue weighted by atomic mass is 79.9.